The SMILES string of the molecule is COc1ccc(OCCCC(=O)Nc2cccc(NC(=O)c3ccccc3)c2C)cc1. The number of carbonyl (C=O) groups is 2. The molecule has 0 bridgehead atoms. The molecule has 2 N–H and O–H groups in total. The summed E-state index contributed by atoms with van der Waals surface area (Å²) in [6.45, 7) is 2.30. The molecule has 0 aliphatic rings. The van der Waals surface area contributed by atoms with Gasteiger partial charge >= 0.3 is 0 Å². The quantitative estimate of drug-likeness (QED) is 0.477. The minimum Gasteiger partial charge on any atom is -0.497 e. The molecule has 3 rings (SSSR count). The van der Waals surface area contributed by atoms with Crippen LogP contribution >= 0.6 is 0 Å². The van der Waals surface area contributed by atoms with Gasteiger partial charge in [-0.05, 0) is 67.4 Å². The zero-order chi connectivity index (χ0) is 22.1. The summed E-state index contributed by atoms with van der Waals surface area (Å²) in [5.41, 5.74) is 2.71. The average Bonchev–Trinajstić information content (AvgIpc) is 2.80. The summed E-state index contributed by atoms with van der Waals surface area (Å²) < 4.78 is 10.8. The average molecular weight is 418 g/mol. The van der Waals surface area contributed by atoms with Gasteiger partial charge in [0, 0.05) is 23.4 Å². The molecule has 0 aromatic heterocycles. The van der Waals surface area contributed by atoms with Crippen LogP contribution in [0.4, 0.5) is 11.4 Å². The Balaban J connectivity index is 1.49. The fourth-order valence-electron chi connectivity index (χ4n) is 3.00. The van der Waals surface area contributed by atoms with Gasteiger partial charge in [-0.2, -0.15) is 0 Å². The van der Waals surface area contributed by atoms with Crippen molar-refractivity contribution in [3.05, 3.63) is 83.9 Å². The maximum Gasteiger partial charge on any atom is 0.255 e. The Kier molecular flexibility index (Phi) is 7.65. The van der Waals surface area contributed by atoms with Crippen LogP contribution in [0, 0.1) is 6.92 Å². The van der Waals surface area contributed by atoms with E-state index in [0.717, 1.165) is 17.1 Å². The number of ether oxygens (including phenoxy) is 2. The van der Waals surface area contributed by atoms with Crippen LogP contribution in [0.3, 0.4) is 0 Å². The first-order chi connectivity index (χ1) is 15.1. The smallest absolute Gasteiger partial charge is 0.255 e. The van der Waals surface area contributed by atoms with E-state index in [9.17, 15) is 9.59 Å². The van der Waals surface area contributed by atoms with Gasteiger partial charge in [-0.15, -0.1) is 0 Å². The summed E-state index contributed by atoms with van der Waals surface area (Å²) in [5, 5.41) is 5.81. The van der Waals surface area contributed by atoms with E-state index in [0.29, 0.717) is 36.4 Å². The first-order valence-electron chi connectivity index (χ1n) is 10.1. The monoisotopic (exact) mass is 418 g/mol. The molecular weight excluding hydrogens is 392 g/mol. The first kappa shape index (κ1) is 21.9. The van der Waals surface area contributed by atoms with Gasteiger partial charge in [0.2, 0.25) is 5.91 Å². The number of amides is 2. The molecule has 0 saturated heterocycles. The van der Waals surface area contributed by atoms with E-state index < -0.39 is 0 Å². The zero-order valence-electron chi connectivity index (χ0n) is 17.7. The lowest BCUT2D eigenvalue weighted by Gasteiger charge is -2.14. The van der Waals surface area contributed by atoms with Gasteiger partial charge in [-0.3, -0.25) is 9.59 Å². The van der Waals surface area contributed by atoms with Crippen LogP contribution in [0.2, 0.25) is 0 Å². The van der Waals surface area contributed by atoms with Gasteiger partial charge in [-0.25, -0.2) is 0 Å². The number of anilines is 2. The molecule has 0 radical (unpaired) electrons. The predicted molar refractivity (Wildman–Crippen MR) is 122 cm³/mol. The van der Waals surface area contributed by atoms with E-state index in [1.165, 1.54) is 0 Å². The molecule has 3 aromatic rings. The maximum atomic E-state index is 12.4. The van der Waals surface area contributed by atoms with Crippen molar-refractivity contribution in [2.75, 3.05) is 24.4 Å². The zero-order valence-corrected chi connectivity index (χ0v) is 17.7. The lowest BCUT2D eigenvalue weighted by atomic mass is 10.1. The normalized spacial score (nSPS) is 10.3. The molecule has 0 fully saturated rings. The molecule has 31 heavy (non-hydrogen) atoms. The van der Waals surface area contributed by atoms with Gasteiger partial charge in [0.05, 0.1) is 13.7 Å². The summed E-state index contributed by atoms with van der Waals surface area (Å²) in [5.74, 6) is 1.21. The van der Waals surface area contributed by atoms with Crippen molar-refractivity contribution in [2.45, 2.75) is 19.8 Å². The van der Waals surface area contributed by atoms with E-state index in [-0.39, 0.29) is 11.8 Å². The van der Waals surface area contributed by atoms with E-state index in [1.54, 1.807) is 25.3 Å². The van der Waals surface area contributed by atoms with Gasteiger partial charge in [0.15, 0.2) is 0 Å². The molecule has 6 heteroatoms. The summed E-state index contributed by atoms with van der Waals surface area (Å²) in [4.78, 5) is 24.8. The lowest BCUT2D eigenvalue weighted by Crippen LogP contribution is -2.16. The number of methoxy groups -OCH3 is 1. The van der Waals surface area contributed by atoms with Crippen molar-refractivity contribution in [1.82, 2.24) is 0 Å². The van der Waals surface area contributed by atoms with Crippen LogP contribution in [0.1, 0.15) is 28.8 Å². The second kappa shape index (κ2) is 10.8. The standard InChI is InChI=1S/C25H26N2O4/c1-18-22(10-6-11-23(18)27-25(29)19-8-4-3-5-9-19)26-24(28)12-7-17-31-21-15-13-20(30-2)14-16-21/h3-6,8-11,13-16H,7,12,17H2,1-2H3,(H,26,28)(H,27,29). The number of hydrogen-bond acceptors (Lipinski definition) is 4. The number of rotatable bonds is 9. The first-order valence-corrected chi connectivity index (χ1v) is 10.1. The third kappa shape index (κ3) is 6.34. The van der Waals surface area contributed by atoms with Gasteiger partial charge in [-0.1, -0.05) is 24.3 Å². The summed E-state index contributed by atoms with van der Waals surface area (Å²) >= 11 is 0. The Hall–Kier alpha value is -3.80. The summed E-state index contributed by atoms with van der Waals surface area (Å²) in [6, 6.07) is 21.8. The van der Waals surface area contributed by atoms with E-state index in [1.807, 2.05) is 61.5 Å². The molecule has 0 heterocycles. The van der Waals surface area contributed by atoms with Crippen molar-refractivity contribution in [2.24, 2.45) is 0 Å². The maximum absolute atomic E-state index is 12.4. The third-order valence-electron chi connectivity index (χ3n) is 4.77. The number of carbonyl (C=O) groups excluding carboxylic acids is 2. The second-order valence-electron chi connectivity index (χ2n) is 6.97. The Morgan fingerprint density at radius 2 is 1.45 bits per heavy atom. The van der Waals surface area contributed by atoms with Crippen molar-refractivity contribution in [1.29, 1.82) is 0 Å². The Labute approximate surface area is 182 Å². The molecule has 0 unspecified atom stereocenters. The highest BCUT2D eigenvalue weighted by molar-refractivity contribution is 6.05. The van der Waals surface area contributed by atoms with E-state index >= 15 is 0 Å². The third-order valence-corrected chi connectivity index (χ3v) is 4.77. The highest BCUT2D eigenvalue weighted by Crippen LogP contribution is 2.24. The molecule has 2 amide bonds. The van der Waals surface area contributed by atoms with Crippen LogP contribution in [-0.2, 0) is 4.79 Å². The van der Waals surface area contributed by atoms with Crippen LogP contribution in [-0.4, -0.2) is 25.5 Å². The molecule has 0 aliphatic heterocycles. The minimum absolute atomic E-state index is 0.104. The lowest BCUT2D eigenvalue weighted by molar-refractivity contribution is -0.116. The molecule has 3 aromatic carbocycles. The fraction of sp³-hybridized carbons (Fsp3) is 0.200. The van der Waals surface area contributed by atoms with Crippen molar-refractivity contribution >= 4 is 23.2 Å². The highest BCUT2D eigenvalue weighted by Gasteiger charge is 2.11. The molecule has 0 atom stereocenters. The topological polar surface area (TPSA) is 76.7 Å². The molecule has 6 nitrogen and oxygen atoms in total. The largest absolute Gasteiger partial charge is 0.497 e. The molecule has 0 spiro atoms. The summed E-state index contributed by atoms with van der Waals surface area (Å²) in [6.07, 6.45) is 0.914. The Bertz CT molecular complexity index is 1020. The van der Waals surface area contributed by atoms with Crippen LogP contribution in [0.5, 0.6) is 11.5 Å². The van der Waals surface area contributed by atoms with Crippen LogP contribution < -0.4 is 20.1 Å². The predicted octanol–water partition coefficient (Wildman–Crippen LogP) is 5.05. The minimum atomic E-state index is -0.192. The van der Waals surface area contributed by atoms with Crippen molar-refractivity contribution < 1.29 is 19.1 Å². The number of benzene rings is 3. The number of hydrogen-bond donors (Lipinski definition) is 2. The van der Waals surface area contributed by atoms with Crippen LogP contribution in [0.15, 0.2) is 72.8 Å². The van der Waals surface area contributed by atoms with E-state index in [2.05, 4.69) is 10.6 Å². The van der Waals surface area contributed by atoms with Crippen molar-refractivity contribution in [3.8, 4) is 11.5 Å². The summed E-state index contributed by atoms with van der Waals surface area (Å²) in [7, 11) is 1.61. The van der Waals surface area contributed by atoms with Gasteiger partial charge in [0.25, 0.3) is 5.91 Å². The Morgan fingerprint density at radius 3 is 2.13 bits per heavy atom. The molecular formula is C25H26N2O4. The van der Waals surface area contributed by atoms with Gasteiger partial charge < -0.3 is 20.1 Å². The van der Waals surface area contributed by atoms with Crippen molar-refractivity contribution in [3.63, 3.8) is 0 Å². The second-order valence-corrected chi connectivity index (χ2v) is 6.97. The fourth-order valence-corrected chi connectivity index (χ4v) is 3.00. The van der Waals surface area contributed by atoms with Crippen LogP contribution in [0.25, 0.3) is 0 Å². The molecule has 160 valence electrons. The highest BCUT2D eigenvalue weighted by atomic mass is 16.5. The van der Waals surface area contributed by atoms with E-state index in [4.69, 9.17) is 9.47 Å². The number of nitrogens with one attached hydrogen (secondary N) is 2. The van der Waals surface area contributed by atoms with Gasteiger partial charge in [0.1, 0.15) is 11.5 Å². The molecule has 0 saturated carbocycles. The Morgan fingerprint density at radius 1 is 0.806 bits per heavy atom. The molecule has 0 aliphatic carbocycles.